The molecule has 0 radical (unpaired) electrons. The number of unbranched alkanes of at least 4 members (excludes halogenated alkanes) is 1. The Hall–Kier alpha value is -0.293. The van der Waals surface area contributed by atoms with E-state index in [2.05, 4.69) is 32.6 Å². The molecule has 2 heteroatoms. The number of hydrogen-bond acceptors (Lipinski definition) is 1. The standard InChI is InChI=1S/C11H23NSi/c1-11(7-5-6-9-12)8-10-13(2,3)4/h11H,5-8,10H2,1-4H3. The lowest BCUT2D eigenvalue weighted by Crippen LogP contribution is -2.20. The maximum absolute atomic E-state index is 8.40. The molecule has 0 aromatic rings. The lowest BCUT2D eigenvalue weighted by Gasteiger charge is -2.18. The van der Waals surface area contributed by atoms with Crippen LogP contribution in [0, 0.1) is 17.2 Å². The van der Waals surface area contributed by atoms with Crippen LogP contribution in [0.2, 0.25) is 25.7 Å². The maximum atomic E-state index is 8.40. The summed E-state index contributed by atoms with van der Waals surface area (Å²) in [5.41, 5.74) is 0. The topological polar surface area (TPSA) is 23.8 Å². The zero-order valence-corrected chi connectivity index (χ0v) is 10.6. The van der Waals surface area contributed by atoms with Gasteiger partial charge in [0.05, 0.1) is 6.07 Å². The Balaban J connectivity index is 3.42. The molecule has 0 aromatic heterocycles. The minimum Gasteiger partial charge on any atom is -0.198 e. The summed E-state index contributed by atoms with van der Waals surface area (Å²) in [6.07, 6.45) is 4.42. The van der Waals surface area contributed by atoms with Gasteiger partial charge < -0.3 is 0 Å². The Labute approximate surface area is 84.2 Å². The van der Waals surface area contributed by atoms with Crippen molar-refractivity contribution >= 4 is 8.07 Å². The molecule has 0 saturated carbocycles. The lowest BCUT2D eigenvalue weighted by molar-refractivity contribution is 0.497. The summed E-state index contributed by atoms with van der Waals surface area (Å²) >= 11 is 0. The highest BCUT2D eigenvalue weighted by molar-refractivity contribution is 6.76. The van der Waals surface area contributed by atoms with E-state index in [4.69, 9.17) is 5.26 Å². The smallest absolute Gasteiger partial charge is 0.0621 e. The quantitative estimate of drug-likeness (QED) is 0.465. The van der Waals surface area contributed by atoms with Crippen molar-refractivity contribution in [2.45, 2.75) is 58.3 Å². The molecule has 0 rings (SSSR count). The second-order valence-corrected chi connectivity index (χ2v) is 10.9. The van der Waals surface area contributed by atoms with Crippen molar-refractivity contribution in [1.82, 2.24) is 0 Å². The van der Waals surface area contributed by atoms with Gasteiger partial charge in [0.2, 0.25) is 0 Å². The van der Waals surface area contributed by atoms with Crippen LogP contribution in [0.3, 0.4) is 0 Å². The van der Waals surface area contributed by atoms with Crippen LogP contribution in [-0.4, -0.2) is 8.07 Å². The van der Waals surface area contributed by atoms with E-state index in [0.717, 1.165) is 18.8 Å². The van der Waals surface area contributed by atoms with Crippen molar-refractivity contribution in [1.29, 1.82) is 5.26 Å². The minimum absolute atomic E-state index is 0.733. The van der Waals surface area contributed by atoms with Crippen LogP contribution in [0.4, 0.5) is 0 Å². The Morgan fingerprint density at radius 3 is 2.31 bits per heavy atom. The van der Waals surface area contributed by atoms with E-state index in [9.17, 15) is 0 Å². The molecule has 1 nitrogen and oxygen atoms in total. The Bertz CT molecular complexity index is 164. The van der Waals surface area contributed by atoms with Crippen molar-refractivity contribution in [3.63, 3.8) is 0 Å². The fourth-order valence-electron chi connectivity index (χ4n) is 1.35. The summed E-state index contributed by atoms with van der Waals surface area (Å²) in [6, 6.07) is 3.64. The molecular formula is C11H23NSi. The molecule has 0 bridgehead atoms. The molecule has 1 atom stereocenters. The molecule has 0 N–H and O–H groups in total. The highest BCUT2D eigenvalue weighted by atomic mass is 28.3. The van der Waals surface area contributed by atoms with Crippen molar-refractivity contribution in [3.05, 3.63) is 0 Å². The third-order valence-corrected chi connectivity index (χ3v) is 4.16. The zero-order valence-electron chi connectivity index (χ0n) is 9.56. The van der Waals surface area contributed by atoms with E-state index in [1.54, 1.807) is 0 Å². The second kappa shape index (κ2) is 6.20. The van der Waals surface area contributed by atoms with Crippen LogP contribution in [-0.2, 0) is 0 Å². The van der Waals surface area contributed by atoms with Gasteiger partial charge in [0.1, 0.15) is 0 Å². The minimum atomic E-state index is -0.833. The predicted molar refractivity (Wildman–Crippen MR) is 61.4 cm³/mol. The van der Waals surface area contributed by atoms with Gasteiger partial charge in [-0.1, -0.05) is 39.0 Å². The third-order valence-electron chi connectivity index (χ3n) is 2.37. The van der Waals surface area contributed by atoms with Crippen molar-refractivity contribution in [2.75, 3.05) is 0 Å². The molecular weight excluding hydrogens is 174 g/mol. The molecule has 0 aromatic carbocycles. The van der Waals surface area contributed by atoms with Gasteiger partial charge in [-0.15, -0.1) is 0 Å². The third kappa shape index (κ3) is 9.62. The van der Waals surface area contributed by atoms with Crippen LogP contribution < -0.4 is 0 Å². The Morgan fingerprint density at radius 2 is 1.85 bits per heavy atom. The van der Waals surface area contributed by atoms with E-state index >= 15 is 0 Å². The highest BCUT2D eigenvalue weighted by Gasteiger charge is 2.14. The first kappa shape index (κ1) is 12.7. The van der Waals surface area contributed by atoms with Crippen molar-refractivity contribution in [2.24, 2.45) is 5.92 Å². The van der Waals surface area contributed by atoms with E-state index in [0.29, 0.717) is 0 Å². The molecule has 76 valence electrons. The first-order valence-electron chi connectivity index (χ1n) is 5.32. The molecule has 0 fully saturated rings. The van der Waals surface area contributed by atoms with E-state index in [1.165, 1.54) is 18.9 Å². The lowest BCUT2D eigenvalue weighted by atomic mass is 10.0. The fraction of sp³-hybridized carbons (Fsp3) is 0.909. The first-order chi connectivity index (χ1) is 5.95. The molecule has 0 aliphatic carbocycles. The van der Waals surface area contributed by atoms with Crippen LogP contribution in [0.5, 0.6) is 0 Å². The van der Waals surface area contributed by atoms with E-state index in [1.807, 2.05) is 0 Å². The first-order valence-corrected chi connectivity index (χ1v) is 9.03. The summed E-state index contributed by atoms with van der Waals surface area (Å²) in [5.74, 6) is 0.820. The average Bonchev–Trinajstić information content (AvgIpc) is 2.00. The summed E-state index contributed by atoms with van der Waals surface area (Å²) in [6.45, 7) is 9.59. The van der Waals surface area contributed by atoms with Gasteiger partial charge in [-0.2, -0.15) is 5.26 Å². The van der Waals surface area contributed by atoms with Gasteiger partial charge in [0, 0.05) is 14.5 Å². The molecule has 0 aliphatic rings. The Morgan fingerprint density at radius 1 is 1.23 bits per heavy atom. The number of hydrogen-bond donors (Lipinski definition) is 0. The van der Waals surface area contributed by atoms with E-state index < -0.39 is 8.07 Å². The average molecular weight is 197 g/mol. The normalized spacial score (nSPS) is 13.8. The summed E-state index contributed by atoms with van der Waals surface area (Å²) in [5, 5.41) is 8.40. The summed E-state index contributed by atoms with van der Waals surface area (Å²) in [4.78, 5) is 0. The summed E-state index contributed by atoms with van der Waals surface area (Å²) in [7, 11) is -0.833. The SMILES string of the molecule is CC(CCCC#N)CC[Si](C)(C)C. The van der Waals surface area contributed by atoms with Gasteiger partial charge in [-0.25, -0.2) is 0 Å². The molecule has 0 heterocycles. The number of nitriles is 1. The molecule has 0 amide bonds. The second-order valence-electron chi connectivity index (χ2n) is 5.25. The zero-order chi connectivity index (χ0) is 10.3. The number of rotatable bonds is 6. The van der Waals surface area contributed by atoms with Gasteiger partial charge >= 0.3 is 0 Å². The Kier molecular flexibility index (Phi) is 6.06. The van der Waals surface area contributed by atoms with E-state index in [-0.39, 0.29) is 0 Å². The molecule has 0 aliphatic heterocycles. The highest BCUT2D eigenvalue weighted by Crippen LogP contribution is 2.19. The molecule has 0 saturated heterocycles. The van der Waals surface area contributed by atoms with Gasteiger partial charge in [0.15, 0.2) is 0 Å². The number of nitrogens with zero attached hydrogens (tertiary/aromatic N) is 1. The van der Waals surface area contributed by atoms with Gasteiger partial charge in [-0.3, -0.25) is 0 Å². The largest absolute Gasteiger partial charge is 0.198 e. The fourth-order valence-corrected chi connectivity index (χ4v) is 2.71. The molecule has 1 unspecified atom stereocenters. The maximum Gasteiger partial charge on any atom is 0.0621 e. The van der Waals surface area contributed by atoms with Crippen LogP contribution in [0.1, 0.15) is 32.6 Å². The monoisotopic (exact) mass is 197 g/mol. The molecule has 0 spiro atoms. The van der Waals surface area contributed by atoms with Crippen LogP contribution >= 0.6 is 0 Å². The van der Waals surface area contributed by atoms with Gasteiger partial charge in [-0.05, 0) is 18.8 Å². The van der Waals surface area contributed by atoms with Crippen LogP contribution in [0.25, 0.3) is 0 Å². The van der Waals surface area contributed by atoms with Crippen molar-refractivity contribution < 1.29 is 0 Å². The summed E-state index contributed by atoms with van der Waals surface area (Å²) < 4.78 is 0. The molecule has 13 heavy (non-hydrogen) atoms. The van der Waals surface area contributed by atoms with Crippen molar-refractivity contribution in [3.8, 4) is 6.07 Å². The van der Waals surface area contributed by atoms with Gasteiger partial charge in [0.25, 0.3) is 0 Å². The predicted octanol–water partition coefficient (Wildman–Crippen LogP) is 4.04. The van der Waals surface area contributed by atoms with Crippen LogP contribution in [0.15, 0.2) is 0 Å².